The van der Waals surface area contributed by atoms with Gasteiger partial charge in [0.25, 0.3) is 0 Å². The van der Waals surface area contributed by atoms with Gasteiger partial charge in [-0.1, -0.05) is 6.08 Å². The predicted octanol–water partition coefficient (Wildman–Crippen LogP) is 5.46. The summed E-state index contributed by atoms with van der Waals surface area (Å²) in [6, 6.07) is 10.2. The van der Waals surface area contributed by atoms with E-state index in [4.69, 9.17) is 4.98 Å². The number of pyridine rings is 2. The number of hydrogen-bond acceptors (Lipinski definition) is 4. The van der Waals surface area contributed by atoms with Gasteiger partial charge in [-0.2, -0.15) is 5.10 Å². The first-order chi connectivity index (χ1) is 15.5. The van der Waals surface area contributed by atoms with Crippen molar-refractivity contribution in [2.24, 2.45) is 0 Å². The molecule has 1 N–H and O–H groups in total. The molecule has 1 aliphatic carbocycles. The highest BCUT2D eigenvalue weighted by Gasteiger charge is 2.18. The van der Waals surface area contributed by atoms with Gasteiger partial charge in [-0.25, -0.2) is 13.8 Å². The maximum Gasteiger partial charge on any atom is 0.159 e. The summed E-state index contributed by atoms with van der Waals surface area (Å²) in [5.74, 6) is -1.79. The number of aromatic amines is 1. The number of nitrogens with zero attached hydrogens (tertiary/aromatic N) is 4. The molecule has 162 valence electrons. The van der Waals surface area contributed by atoms with E-state index in [0.717, 1.165) is 48.0 Å². The van der Waals surface area contributed by atoms with Crippen LogP contribution >= 0.6 is 0 Å². The summed E-state index contributed by atoms with van der Waals surface area (Å²) in [5.41, 5.74) is 6.48. The Bertz CT molecular complexity index is 1330. The first-order valence-electron chi connectivity index (χ1n) is 10.6. The smallest absolute Gasteiger partial charge is 0.159 e. The molecule has 0 bridgehead atoms. The monoisotopic (exact) mass is 431 g/mol. The molecule has 32 heavy (non-hydrogen) atoms. The summed E-state index contributed by atoms with van der Waals surface area (Å²) in [7, 11) is 4.24. The summed E-state index contributed by atoms with van der Waals surface area (Å²) in [5, 5.41) is 6.99. The van der Waals surface area contributed by atoms with Gasteiger partial charge in [-0.05, 0) is 80.9 Å². The fourth-order valence-electron chi connectivity index (χ4n) is 4.24. The molecule has 3 aromatic heterocycles. The second-order valence-electron chi connectivity index (χ2n) is 8.37. The van der Waals surface area contributed by atoms with E-state index in [2.05, 4.69) is 46.3 Å². The van der Waals surface area contributed by atoms with Crippen molar-refractivity contribution in [2.75, 3.05) is 14.1 Å². The molecule has 7 heteroatoms. The predicted molar refractivity (Wildman–Crippen MR) is 122 cm³/mol. The molecule has 3 heterocycles. The average Bonchev–Trinajstić information content (AvgIpc) is 3.30. The number of rotatable bonds is 4. The van der Waals surface area contributed by atoms with Gasteiger partial charge in [0.1, 0.15) is 0 Å². The molecular weight excluding hydrogens is 408 g/mol. The van der Waals surface area contributed by atoms with E-state index in [1.165, 1.54) is 11.6 Å². The van der Waals surface area contributed by atoms with Crippen LogP contribution in [0.25, 0.3) is 39.1 Å². The van der Waals surface area contributed by atoms with Crippen molar-refractivity contribution in [3.63, 3.8) is 0 Å². The van der Waals surface area contributed by atoms with E-state index in [0.29, 0.717) is 28.6 Å². The second-order valence-corrected chi connectivity index (χ2v) is 8.37. The average molecular weight is 431 g/mol. The lowest BCUT2D eigenvalue weighted by Gasteiger charge is -2.27. The van der Waals surface area contributed by atoms with Crippen LogP contribution in [-0.2, 0) is 0 Å². The summed E-state index contributed by atoms with van der Waals surface area (Å²) in [4.78, 5) is 11.7. The number of nitrogens with one attached hydrogen (secondary N) is 1. The summed E-state index contributed by atoms with van der Waals surface area (Å²) in [6.45, 7) is 0. The van der Waals surface area contributed by atoms with E-state index in [1.807, 2.05) is 18.3 Å². The summed E-state index contributed by atoms with van der Waals surface area (Å²) >= 11 is 0. The molecule has 0 aliphatic heterocycles. The highest BCUT2D eigenvalue weighted by Crippen LogP contribution is 2.32. The number of aromatic nitrogens is 4. The van der Waals surface area contributed by atoms with E-state index in [9.17, 15) is 8.78 Å². The van der Waals surface area contributed by atoms with E-state index in [-0.39, 0.29) is 0 Å². The second kappa shape index (κ2) is 8.24. The molecule has 0 saturated heterocycles. The third-order valence-electron chi connectivity index (χ3n) is 6.15. The van der Waals surface area contributed by atoms with Crippen molar-refractivity contribution < 1.29 is 8.78 Å². The van der Waals surface area contributed by atoms with Crippen molar-refractivity contribution in [2.45, 2.75) is 25.3 Å². The van der Waals surface area contributed by atoms with Crippen LogP contribution in [0.2, 0.25) is 0 Å². The maximum absolute atomic E-state index is 13.8. The number of benzene rings is 1. The number of H-pyrrole nitrogens is 1. The molecule has 1 aliphatic rings. The largest absolute Gasteiger partial charge is 0.306 e. The minimum Gasteiger partial charge on any atom is -0.306 e. The van der Waals surface area contributed by atoms with Gasteiger partial charge in [0.05, 0.1) is 28.6 Å². The Kier molecular flexibility index (Phi) is 5.27. The van der Waals surface area contributed by atoms with E-state index in [1.54, 1.807) is 6.20 Å². The standard InChI is InChI=1S/C25H23F2N5/c1-32(2)18-6-3-15(4-7-18)17-12-24-23(28-13-17)10-9-22(30-24)19-14-29-31-25(19)16-5-8-20(26)21(27)11-16/h3,5,8-14,18H,4,6-7H2,1-2H3,(H,29,31). The van der Waals surface area contributed by atoms with Gasteiger partial charge in [-0.15, -0.1) is 0 Å². The minimum atomic E-state index is -0.902. The van der Waals surface area contributed by atoms with Crippen LogP contribution in [0.3, 0.4) is 0 Å². The topological polar surface area (TPSA) is 57.7 Å². The lowest BCUT2D eigenvalue weighted by molar-refractivity contribution is 0.277. The molecule has 1 atom stereocenters. The Morgan fingerprint density at radius 3 is 2.59 bits per heavy atom. The van der Waals surface area contributed by atoms with Crippen LogP contribution in [0.5, 0.6) is 0 Å². The molecule has 1 unspecified atom stereocenters. The third kappa shape index (κ3) is 3.80. The number of fused-ring (bicyclic) bond motifs is 1. The van der Waals surface area contributed by atoms with Gasteiger partial charge in [0.2, 0.25) is 0 Å². The summed E-state index contributed by atoms with van der Waals surface area (Å²) in [6.07, 6.45) is 9.02. The SMILES string of the molecule is CN(C)C1CC=C(c2cnc3ccc(-c4cn[nH]c4-c4ccc(F)c(F)c4)nc3c2)CC1. The lowest BCUT2D eigenvalue weighted by Crippen LogP contribution is -2.28. The maximum atomic E-state index is 13.8. The lowest BCUT2D eigenvalue weighted by atomic mass is 9.91. The number of allylic oxidation sites excluding steroid dienone is 1. The molecule has 0 spiro atoms. The minimum absolute atomic E-state index is 0.507. The van der Waals surface area contributed by atoms with Crippen molar-refractivity contribution >= 4 is 16.6 Å². The van der Waals surface area contributed by atoms with Gasteiger partial charge in [0.15, 0.2) is 11.6 Å². The van der Waals surface area contributed by atoms with Crippen LogP contribution in [-0.4, -0.2) is 45.2 Å². The fourth-order valence-corrected chi connectivity index (χ4v) is 4.24. The Labute approximate surface area is 184 Å². The van der Waals surface area contributed by atoms with Gasteiger partial charge in [-0.3, -0.25) is 10.1 Å². The third-order valence-corrected chi connectivity index (χ3v) is 6.15. The molecule has 1 aromatic carbocycles. The Morgan fingerprint density at radius 1 is 0.969 bits per heavy atom. The van der Waals surface area contributed by atoms with Crippen LogP contribution in [0.1, 0.15) is 24.8 Å². The molecule has 0 amide bonds. The summed E-state index contributed by atoms with van der Waals surface area (Å²) < 4.78 is 27.1. The molecule has 5 nitrogen and oxygen atoms in total. The van der Waals surface area contributed by atoms with Crippen LogP contribution in [0.4, 0.5) is 8.78 Å². The van der Waals surface area contributed by atoms with Crippen LogP contribution in [0.15, 0.2) is 54.9 Å². The highest BCUT2D eigenvalue weighted by molar-refractivity contribution is 5.85. The zero-order valence-corrected chi connectivity index (χ0v) is 17.9. The molecule has 0 radical (unpaired) electrons. The van der Waals surface area contributed by atoms with E-state index >= 15 is 0 Å². The van der Waals surface area contributed by atoms with Crippen LogP contribution in [0, 0.1) is 11.6 Å². The van der Waals surface area contributed by atoms with E-state index < -0.39 is 11.6 Å². The first kappa shape index (κ1) is 20.5. The molecule has 5 rings (SSSR count). The van der Waals surface area contributed by atoms with Crippen molar-refractivity contribution in [1.29, 1.82) is 0 Å². The fraction of sp³-hybridized carbons (Fsp3) is 0.240. The first-order valence-corrected chi connectivity index (χ1v) is 10.6. The van der Waals surface area contributed by atoms with Crippen molar-refractivity contribution in [1.82, 2.24) is 25.1 Å². The number of hydrogen-bond donors (Lipinski definition) is 1. The Morgan fingerprint density at radius 2 is 1.84 bits per heavy atom. The number of halogens is 2. The Balaban J connectivity index is 1.51. The molecular formula is C25H23F2N5. The zero-order valence-electron chi connectivity index (χ0n) is 17.9. The zero-order chi connectivity index (χ0) is 22.2. The quantitative estimate of drug-likeness (QED) is 0.466. The van der Waals surface area contributed by atoms with Gasteiger partial charge in [0, 0.05) is 23.4 Å². The molecule has 0 fully saturated rings. The van der Waals surface area contributed by atoms with Crippen molar-refractivity contribution in [3.8, 4) is 22.5 Å². The molecule has 0 saturated carbocycles. The van der Waals surface area contributed by atoms with Crippen LogP contribution < -0.4 is 0 Å². The normalized spacial score (nSPS) is 16.5. The Hall–Kier alpha value is -3.45. The highest BCUT2D eigenvalue weighted by atomic mass is 19.2. The van der Waals surface area contributed by atoms with Crippen molar-refractivity contribution in [3.05, 3.63) is 72.1 Å². The van der Waals surface area contributed by atoms with Gasteiger partial charge >= 0.3 is 0 Å². The van der Waals surface area contributed by atoms with Gasteiger partial charge < -0.3 is 4.90 Å². The molecule has 4 aromatic rings.